The van der Waals surface area contributed by atoms with Gasteiger partial charge in [0.25, 0.3) is 0 Å². The lowest BCUT2D eigenvalue weighted by atomic mass is 10.3. The number of fused-ring (bicyclic) bond motifs is 3. The maximum atomic E-state index is 11.2. The van der Waals surface area contributed by atoms with Gasteiger partial charge in [-0.15, -0.1) is 0 Å². The van der Waals surface area contributed by atoms with Crippen molar-refractivity contribution in [3.8, 4) is 10.7 Å². The molecule has 0 bridgehead atoms. The highest BCUT2D eigenvalue weighted by atomic mass is 32.1. The molecule has 0 saturated carbocycles. The lowest BCUT2D eigenvalue weighted by molar-refractivity contribution is 1.05. The highest BCUT2D eigenvalue weighted by molar-refractivity contribution is 7.12. The topological polar surface area (TPSA) is 47.3 Å². The van der Waals surface area contributed by atoms with Crippen molar-refractivity contribution in [1.29, 1.82) is 0 Å². The first-order valence-electron chi connectivity index (χ1n) is 4.48. The Balaban J connectivity index is 2.56. The molecule has 0 spiro atoms. The molecule has 4 nitrogen and oxygen atoms in total. The van der Waals surface area contributed by atoms with E-state index in [0.29, 0.717) is 5.82 Å². The van der Waals surface area contributed by atoms with E-state index in [1.165, 1.54) is 0 Å². The van der Waals surface area contributed by atoms with E-state index in [-0.39, 0.29) is 4.87 Å². The molecule has 0 saturated heterocycles. The third kappa shape index (κ3) is 1.24. The van der Waals surface area contributed by atoms with Crippen LogP contribution in [0.15, 0.2) is 29.3 Å². The zero-order chi connectivity index (χ0) is 10.4. The Labute approximate surface area is 89.2 Å². The SMILES string of the molecule is Cc1ccc2ncc3sc(=O)nc-3n2c1. The van der Waals surface area contributed by atoms with E-state index in [2.05, 4.69) is 9.97 Å². The van der Waals surface area contributed by atoms with Crippen LogP contribution in [0.3, 0.4) is 0 Å². The van der Waals surface area contributed by atoms with Gasteiger partial charge in [-0.05, 0) is 18.6 Å². The van der Waals surface area contributed by atoms with Crippen molar-refractivity contribution in [2.24, 2.45) is 0 Å². The molecule has 0 amide bonds. The Hall–Kier alpha value is -1.75. The van der Waals surface area contributed by atoms with E-state index in [4.69, 9.17) is 0 Å². The van der Waals surface area contributed by atoms with Crippen LogP contribution in [0, 0.1) is 6.92 Å². The molecule has 5 heteroatoms. The minimum atomic E-state index is -0.173. The van der Waals surface area contributed by atoms with Crippen LogP contribution in [0.25, 0.3) is 16.3 Å². The van der Waals surface area contributed by atoms with E-state index < -0.39 is 0 Å². The molecule has 3 rings (SSSR count). The number of thiazole rings is 1. The maximum Gasteiger partial charge on any atom is 0.329 e. The van der Waals surface area contributed by atoms with Gasteiger partial charge in [0.2, 0.25) is 0 Å². The van der Waals surface area contributed by atoms with Crippen LogP contribution in [-0.2, 0) is 0 Å². The van der Waals surface area contributed by atoms with Gasteiger partial charge in [0.1, 0.15) is 5.65 Å². The van der Waals surface area contributed by atoms with Crippen LogP contribution in [0.1, 0.15) is 5.56 Å². The molecule has 1 aromatic heterocycles. The smallest absolute Gasteiger partial charge is 0.284 e. The Morgan fingerprint density at radius 1 is 1.40 bits per heavy atom. The number of aryl methyl sites for hydroxylation is 1. The lowest BCUT2D eigenvalue weighted by Crippen LogP contribution is -2.00. The minimum absolute atomic E-state index is 0.173. The predicted molar refractivity (Wildman–Crippen MR) is 58.5 cm³/mol. The molecular weight excluding hydrogens is 210 g/mol. The summed E-state index contributed by atoms with van der Waals surface area (Å²) in [5, 5.41) is 0. The van der Waals surface area contributed by atoms with Gasteiger partial charge in [-0.2, -0.15) is 4.98 Å². The second-order valence-electron chi connectivity index (χ2n) is 3.36. The van der Waals surface area contributed by atoms with Crippen LogP contribution in [0.5, 0.6) is 0 Å². The highest BCUT2D eigenvalue weighted by Crippen LogP contribution is 2.21. The molecule has 2 aliphatic rings. The monoisotopic (exact) mass is 217 g/mol. The van der Waals surface area contributed by atoms with Crippen LogP contribution in [0.2, 0.25) is 0 Å². The molecular formula is C10H7N3OS. The summed E-state index contributed by atoms with van der Waals surface area (Å²) in [5.41, 5.74) is 1.92. The summed E-state index contributed by atoms with van der Waals surface area (Å²) in [6, 6.07) is 3.90. The molecule has 0 aliphatic carbocycles. The van der Waals surface area contributed by atoms with Crippen molar-refractivity contribution in [1.82, 2.24) is 14.4 Å². The van der Waals surface area contributed by atoms with Gasteiger partial charge in [-0.25, -0.2) is 4.98 Å². The summed E-state index contributed by atoms with van der Waals surface area (Å²) in [5.74, 6) is 0.693. The molecule has 0 radical (unpaired) electrons. The van der Waals surface area contributed by atoms with Crippen molar-refractivity contribution in [3.63, 3.8) is 0 Å². The first-order valence-corrected chi connectivity index (χ1v) is 5.30. The average Bonchev–Trinajstić information content (AvgIpc) is 2.58. The predicted octanol–water partition coefficient (Wildman–Crippen LogP) is 1.56. The van der Waals surface area contributed by atoms with E-state index in [1.54, 1.807) is 6.20 Å². The summed E-state index contributed by atoms with van der Waals surface area (Å²) >= 11 is 1.12. The number of pyridine rings is 1. The zero-order valence-electron chi connectivity index (χ0n) is 7.97. The summed E-state index contributed by atoms with van der Waals surface area (Å²) in [4.78, 5) is 20.1. The van der Waals surface area contributed by atoms with Crippen LogP contribution < -0.4 is 4.87 Å². The van der Waals surface area contributed by atoms with Crippen molar-refractivity contribution in [3.05, 3.63) is 39.8 Å². The maximum absolute atomic E-state index is 11.2. The Morgan fingerprint density at radius 2 is 2.27 bits per heavy atom. The van der Waals surface area contributed by atoms with Gasteiger partial charge in [0, 0.05) is 6.20 Å². The molecule has 15 heavy (non-hydrogen) atoms. The highest BCUT2D eigenvalue weighted by Gasteiger charge is 2.12. The Morgan fingerprint density at radius 3 is 3.13 bits per heavy atom. The minimum Gasteiger partial charge on any atom is -0.284 e. The molecule has 0 fully saturated rings. The summed E-state index contributed by atoms with van der Waals surface area (Å²) < 4.78 is 1.85. The second-order valence-corrected chi connectivity index (χ2v) is 4.35. The molecule has 3 heterocycles. The fourth-order valence-electron chi connectivity index (χ4n) is 1.56. The molecule has 0 unspecified atom stereocenters. The van der Waals surface area contributed by atoms with Gasteiger partial charge in [0.05, 0.1) is 11.1 Å². The first kappa shape index (κ1) is 8.55. The molecule has 0 aromatic carbocycles. The number of aromatic nitrogens is 3. The quantitative estimate of drug-likeness (QED) is 0.574. The number of rotatable bonds is 0. The Bertz CT molecular complexity index is 670. The zero-order valence-corrected chi connectivity index (χ0v) is 8.78. The second kappa shape index (κ2) is 2.87. The van der Waals surface area contributed by atoms with E-state index >= 15 is 0 Å². The lowest BCUT2D eigenvalue weighted by Gasteiger charge is -2.05. The molecule has 2 aliphatic heterocycles. The van der Waals surface area contributed by atoms with Gasteiger partial charge in [0.15, 0.2) is 5.82 Å². The van der Waals surface area contributed by atoms with Crippen LogP contribution in [0.4, 0.5) is 0 Å². The van der Waals surface area contributed by atoms with E-state index in [0.717, 1.165) is 27.4 Å². The fourth-order valence-corrected chi connectivity index (χ4v) is 2.22. The van der Waals surface area contributed by atoms with Crippen molar-refractivity contribution < 1.29 is 0 Å². The van der Waals surface area contributed by atoms with E-state index in [9.17, 15) is 4.79 Å². The fraction of sp³-hybridized carbons (Fsp3) is 0.100. The molecule has 0 atom stereocenters. The third-order valence-electron chi connectivity index (χ3n) is 2.23. The summed E-state index contributed by atoms with van der Waals surface area (Å²) in [7, 11) is 0. The largest absolute Gasteiger partial charge is 0.329 e. The summed E-state index contributed by atoms with van der Waals surface area (Å²) in [6.45, 7) is 2.00. The van der Waals surface area contributed by atoms with Crippen molar-refractivity contribution >= 4 is 17.0 Å². The van der Waals surface area contributed by atoms with Crippen LogP contribution in [-0.4, -0.2) is 14.4 Å². The number of nitrogens with zero attached hydrogens (tertiary/aromatic N) is 3. The number of hydrogen-bond donors (Lipinski definition) is 0. The van der Waals surface area contributed by atoms with Gasteiger partial charge in [-0.3, -0.25) is 9.20 Å². The molecule has 0 N–H and O–H groups in total. The van der Waals surface area contributed by atoms with Gasteiger partial charge in [-0.1, -0.05) is 17.4 Å². The normalized spacial score (nSPS) is 11.3. The van der Waals surface area contributed by atoms with Gasteiger partial charge >= 0.3 is 4.87 Å². The Kier molecular flexibility index (Phi) is 1.63. The molecule has 74 valence electrons. The molecule has 1 aromatic rings. The van der Waals surface area contributed by atoms with Crippen molar-refractivity contribution in [2.45, 2.75) is 6.92 Å². The third-order valence-corrected chi connectivity index (χ3v) is 3.01. The van der Waals surface area contributed by atoms with E-state index in [1.807, 2.05) is 29.7 Å². The summed E-state index contributed by atoms with van der Waals surface area (Å²) in [6.07, 6.45) is 3.63. The first-order chi connectivity index (χ1) is 7.24. The standard InChI is InChI=1S/C10H7N3OS/c1-6-2-3-8-11-4-7-9(13(8)5-6)12-10(14)15-7/h2-5H,1H3. The number of hydrogen-bond acceptors (Lipinski definition) is 4. The van der Waals surface area contributed by atoms with Crippen molar-refractivity contribution in [2.75, 3.05) is 0 Å². The average molecular weight is 217 g/mol. The van der Waals surface area contributed by atoms with Gasteiger partial charge < -0.3 is 0 Å². The van der Waals surface area contributed by atoms with Crippen LogP contribution >= 0.6 is 11.3 Å².